The van der Waals surface area contributed by atoms with E-state index in [0.717, 1.165) is 25.1 Å². The molecule has 6 heteroatoms. The van der Waals surface area contributed by atoms with Crippen LogP contribution < -0.4 is 15.5 Å². The molecule has 124 valence electrons. The first kappa shape index (κ1) is 16.3. The minimum Gasteiger partial charge on any atom is -0.353 e. The molecule has 0 saturated carbocycles. The Hall–Kier alpha value is -1.59. The maximum Gasteiger partial charge on any atom is 0.239 e. The molecule has 0 spiro atoms. The molecule has 23 heavy (non-hydrogen) atoms. The van der Waals surface area contributed by atoms with Gasteiger partial charge >= 0.3 is 0 Å². The predicted molar refractivity (Wildman–Crippen MR) is 90.5 cm³/mol. The van der Waals surface area contributed by atoms with Crippen molar-refractivity contribution < 1.29 is 9.59 Å². The van der Waals surface area contributed by atoms with Gasteiger partial charge in [0.05, 0.1) is 0 Å². The lowest BCUT2D eigenvalue weighted by Crippen LogP contribution is -2.49. The number of hydrogen-bond donors (Lipinski definition) is 2. The van der Waals surface area contributed by atoms with E-state index in [1.165, 1.54) is 0 Å². The van der Waals surface area contributed by atoms with Gasteiger partial charge in [0, 0.05) is 29.3 Å². The first-order valence-corrected chi connectivity index (χ1v) is 8.53. The molecule has 2 heterocycles. The molecule has 0 radical (unpaired) electrons. The molecule has 5 nitrogen and oxygen atoms in total. The molecule has 2 amide bonds. The van der Waals surface area contributed by atoms with Crippen LogP contribution in [0.25, 0.3) is 0 Å². The van der Waals surface area contributed by atoms with Crippen LogP contribution in [0.5, 0.6) is 0 Å². The summed E-state index contributed by atoms with van der Waals surface area (Å²) in [5, 5.41) is 7.00. The standard InChI is InChI=1S/C17H22ClN3O2/c1-11-9-13(5-7-19-11)20-16(22)15-6-8-21(17(15)23)14-4-2-3-12(18)10-14/h2-4,10-11,13,15,19H,5-9H2,1H3,(H,20,22). The highest BCUT2D eigenvalue weighted by Gasteiger charge is 2.38. The van der Waals surface area contributed by atoms with Crippen LogP contribution in [0.3, 0.4) is 0 Å². The van der Waals surface area contributed by atoms with E-state index in [4.69, 9.17) is 11.6 Å². The van der Waals surface area contributed by atoms with E-state index in [1.54, 1.807) is 17.0 Å². The Morgan fingerprint density at radius 2 is 2.22 bits per heavy atom. The molecule has 3 rings (SSSR count). The van der Waals surface area contributed by atoms with E-state index in [2.05, 4.69) is 17.6 Å². The maximum atomic E-state index is 12.6. The summed E-state index contributed by atoms with van der Waals surface area (Å²) in [4.78, 5) is 26.7. The number of rotatable bonds is 3. The average molecular weight is 336 g/mol. The second-order valence-corrected chi connectivity index (χ2v) is 6.83. The minimum absolute atomic E-state index is 0.133. The Morgan fingerprint density at radius 1 is 1.39 bits per heavy atom. The second kappa shape index (κ2) is 6.89. The summed E-state index contributed by atoms with van der Waals surface area (Å²) in [6.07, 6.45) is 2.37. The summed E-state index contributed by atoms with van der Waals surface area (Å²) in [6, 6.07) is 7.75. The molecule has 1 aromatic rings. The third-order valence-corrected chi connectivity index (χ3v) is 4.85. The summed E-state index contributed by atoms with van der Waals surface area (Å²) in [5.74, 6) is -0.857. The lowest BCUT2D eigenvalue weighted by molar-refractivity contribution is -0.132. The molecule has 3 unspecified atom stereocenters. The highest BCUT2D eigenvalue weighted by atomic mass is 35.5. The highest BCUT2D eigenvalue weighted by molar-refractivity contribution is 6.31. The molecule has 2 aliphatic heterocycles. The zero-order chi connectivity index (χ0) is 16.4. The van der Waals surface area contributed by atoms with Gasteiger partial charge in [-0.25, -0.2) is 0 Å². The monoisotopic (exact) mass is 335 g/mol. The minimum atomic E-state index is -0.584. The normalized spacial score (nSPS) is 28.0. The van der Waals surface area contributed by atoms with Crippen LogP contribution in [0.15, 0.2) is 24.3 Å². The van der Waals surface area contributed by atoms with Gasteiger partial charge in [-0.3, -0.25) is 9.59 Å². The third kappa shape index (κ3) is 3.67. The molecular weight excluding hydrogens is 314 g/mol. The Balaban J connectivity index is 1.63. The van der Waals surface area contributed by atoms with Crippen molar-refractivity contribution in [2.45, 2.75) is 38.3 Å². The van der Waals surface area contributed by atoms with Gasteiger partial charge < -0.3 is 15.5 Å². The number of benzene rings is 1. The third-order valence-electron chi connectivity index (χ3n) is 4.61. The number of halogens is 1. The van der Waals surface area contributed by atoms with Crippen molar-refractivity contribution in [2.24, 2.45) is 5.92 Å². The van der Waals surface area contributed by atoms with Gasteiger partial charge in [0.25, 0.3) is 0 Å². The molecule has 0 bridgehead atoms. The lowest BCUT2D eigenvalue weighted by atomic mass is 9.99. The second-order valence-electron chi connectivity index (χ2n) is 6.40. The Kier molecular flexibility index (Phi) is 4.87. The largest absolute Gasteiger partial charge is 0.353 e. The smallest absolute Gasteiger partial charge is 0.239 e. The fourth-order valence-corrected chi connectivity index (χ4v) is 3.57. The van der Waals surface area contributed by atoms with Crippen LogP contribution in [-0.2, 0) is 9.59 Å². The van der Waals surface area contributed by atoms with Crippen LogP contribution >= 0.6 is 11.6 Å². The average Bonchev–Trinajstić information content (AvgIpc) is 2.89. The molecular formula is C17H22ClN3O2. The molecule has 0 aliphatic carbocycles. The number of carbonyl (C=O) groups excluding carboxylic acids is 2. The van der Waals surface area contributed by atoms with Gasteiger partial charge in [-0.1, -0.05) is 17.7 Å². The van der Waals surface area contributed by atoms with Crippen molar-refractivity contribution in [1.29, 1.82) is 0 Å². The summed E-state index contributed by atoms with van der Waals surface area (Å²) in [6.45, 7) is 3.57. The van der Waals surface area contributed by atoms with Gasteiger partial charge in [-0.05, 0) is 50.9 Å². The van der Waals surface area contributed by atoms with Crippen molar-refractivity contribution in [3.05, 3.63) is 29.3 Å². The fourth-order valence-electron chi connectivity index (χ4n) is 3.39. The number of carbonyl (C=O) groups is 2. The molecule has 2 N–H and O–H groups in total. The molecule has 3 atom stereocenters. The number of amides is 2. The van der Waals surface area contributed by atoms with Crippen LogP contribution in [0.2, 0.25) is 5.02 Å². The summed E-state index contributed by atoms with van der Waals surface area (Å²) in [7, 11) is 0. The number of nitrogens with one attached hydrogen (secondary N) is 2. The lowest BCUT2D eigenvalue weighted by Gasteiger charge is -2.29. The molecule has 2 aliphatic rings. The number of piperidine rings is 1. The van der Waals surface area contributed by atoms with Crippen molar-refractivity contribution in [2.75, 3.05) is 18.0 Å². The molecule has 0 aromatic heterocycles. The van der Waals surface area contributed by atoms with Crippen molar-refractivity contribution in [1.82, 2.24) is 10.6 Å². The Bertz CT molecular complexity index is 607. The van der Waals surface area contributed by atoms with Crippen molar-refractivity contribution >= 4 is 29.1 Å². The molecule has 1 aromatic carbocycles. The number of nitrogens with zero attached hydrogens (tertiary/aromatic N) is 1. The van der Waals surface area contributed by atoms with E-state index >= 15 is 0 Å². The number of hydrogen-bond acceptors (Lipinski definition) is 3. The molecule has 2 saturated heterocycles. The van der Waals surface area contributed by atoms with E-state index < -0.39 is 5.92 Å². The first-order chi connectivity index (χ1) is 11.0. The summed E-state index contributed by atoms with van der Waals surface area (Å²) < 4.78 is 0. The van der Waals surface area contributed by atoms with Crippen molar-refractivity contribution in [3.63, 3.8) is 0 Å². The molecule has 2 fully saturated rings. The summed E-state index contributed by atoms with van der Waals surface area (Å²) >= 11 is 5.99. The highest BCUT2D eigenvalue weighted by Crippen LogP contribution is 2.27. The quantitative estimate of drug-likeness (QED) is 0.830. The Labute approximate surface area is 141 Å². The fraction of sp³-hybridized carbons (Fsp3) is 0.529. The van der Waals surface area contributed by atoms with Gasteiger partial charge in [0.1, 0.15) is 5.92 Å². The van der Waals surface area contributed by atoms with Crippen molar-refractivity contribution in [3.8, 4) is 0 Å². The van der Waals surface area contributed by atoms with Crippen LogP contribution in [-0.4, -0.2) is 37.0 Å². The van der Waals surface area contributed by atoms with Crippen LogP contribution in [0.1, 0.15) is 26.2 Å². The van der Waals surface area contributed by atoms with E-state index in [9.17, 15) is 9.59 Å². The summed E-state index contributed by atoms with van der Waals surface area (Å²) in [5.41, 5.74) is 0.758. The zero-order valence-electron chi connectivity index (χ0n) is 13.2. The van der Waals surface area contributed by atoms with E-state index in [-0.39, 0.29) is 17.9 Å². The van der Waals surface area contributed by atoms with Crippen LogP contribution in [0, 0.1) is 5.92 Å². The van der Waals surface area contributed by atoms with E-state index in [1.807, 2.05) is 12.1 Å². The first-order valence-electron chi connectivity index (χ1n) is 8.15. The van der Waals surface area contributed by atoms with Gasteiger partial charge in [-0.15, -0.1) is 0 Å². The number of anilines is 1. The predicted octanol–water partition coefficient (Wildman–Crippen LogP) is 1.95. The van der Waals surface area contributed by atoms with Gasteiger partial charge in [-0.2, -0.15) is 0 Å². The maximum absolute atomic E-state index is 12.6. The topological polar surface area (TPSA) is 61.4 Å². The van der Waals surface area contributed by atoms with Gasteiger partial charge in [0.2, 0.25) is 11.8 Å². The zero-order valence-corrected chi connectivity index (χ0v) is 14.0. The van der Waals surface area contributed by atoms with Crippen LogP contribution in [0.4, 0.5) is 5.69 Å². The Morgan fingerprint density at radius 3 is 2.96 bits per heavy atom. The van der Waals surface area contributed by atoms with E-state index in [0.29, 0.717) is 24.0 Å². The van der Waals surface area contributed by atoms with Gasteiger partial charge in [0.15, 0.2) is 0 Å². The SMILES string of the molecule is CC1CC(NC(=O)C2CCN(c3cccc(Cl)c3)C2=O)CCN1.